The molecule has 0 aliphatic carbocycles. The minimum absolute atomic E-state index is 0.366. The number of halogens is 3. The van der Waals surface area contributed by atoms with Gasteiger partial charge in [0.2, 0.25) is 0 Å². The van der Waals surface area contributed by atoms with Crippen molar-refractivity contribution in [2.75, 3.05) is 20.0 Å². The van der Waals surface area contributed by atoms with E-state index in [1.807, 2.05) is 0 Å². The fourth-order valence-corrected chi connectivity index (χ4v) is 1.93. The van der Waals surface area contributed by atoms with E-state index >= 15 is 0 Å². The smallest absolute Gasteiger partial charge is 0.360 e. The SMILES string of the molecule is [B]c1cc(F)c(-c2nc(C(=O)OC)c(OC)c(N)c2F)cc1F. The van der Waals surface area contributed by atoms with Crippen LogP contribution in [0, 0.1) is 17.5 Å². The van der Waals surface area contributed by atoms with Crippen molar-refractivity contribution in [3.05, 3.63) is 35.3 Å². The molecule has 23 heavy (non-hydrogen) atoms. The monoisotopic (exact) mass is 322 g/mol. The largest absolute Gasteiger partial charge is 0.492 e. The minimum Gasteiger partial charge on any atom is -0.492 e. The van der Waals surface area contributed by atoms with E-state index in [2.05, 4.69) is 9.72 Å². The molecule has 1 aromatic carbocycles. The second-order valence-electron chi connectivity index (χ2n) is 4.42. The minimum atomic E-state index is -1.17. The number of anilines is 1. The van der Waals surface area contributed by atoms with Crippen molar-refractivity contribution in [3.63, 3.8) is 0 Å². The first kappa shape index (κ1) is 16.7. The van der Waals surface area contributed by atoms with Crippen LogP contribution in [0.5, 0.6) is 5.75 Å². The number of carbonyl (C=O) groups is 1. The fraction of sp³-hybridized carbons (Fsp3) is 0.143. The zero-order chi connectivity index (χ0) is 17.3. The Morgan fingerprint density at radius 2 is 1.87 bits per heavy atom. The number of rotatable bonds is 3. The quantitative estimate of drug-likeness (QED) is 0.682. The molecule has 2 radical (unpaired) electrons. The third-order valence-electron chi connectivity index (χ3n) is 3.05. The molecule has 2 N–H and O–H groups in total. The van der Waals surface area contributed by atoms with Gasteiger partial charge in [-0.05, 0) is 12.1 Å². The molecule has 0 aliphatic heterocycles. The highest BCUT2D eigenvalue weighted by atomic mass is 19.1. The summed E-state index contributed by atoms with van der Waals surface area (Å²) >= 11 is 0. The van der Waals surface area contributed by atoms with E-state index in [4.69, 9.17) is 18.3 Å². The molecule has 2 rings (SSSR count). The molecule has 0 saturated carbocycles. The van der Waals surface area contributed by atoms with Crippen LogP contribution in [-0.2, 0) is 4.74 Å². The Morgan fingerprint density at radius 1 is 1.22 bits per heavy atom. The number of ether oxygens (including phenoxy) is 2. The number of aromatic nitrogens is 1. The van der Waals surface area contributed by atoms with E-state index in [0.29, 0.717) is 12.1 Å². The Hall–Kier alpha value is -2.71. The van der Waals surface area contributed by atoms with Crippen molar-refractivity contribution < 1.29 is 27.4 Å². The molecule has 2 aromatic rings. The number of nitrogens with zero attached hydrogens (tertiary/aromatic N) is 1. The van der Waals surface area contributed by atoms with Gasteiger partial charge in [-0.2, -0.15) is 0 Å². The summed E-state index contributed by atoms with van der Waals surface area (Å²) in [5, 5.41) is 0. The lowest BCUT2D eigenvalue weighted by Crippen LogP contribution is -2.14. The Morgan fingerprint density at radius 3 is 2.43 bits per heavy atom. The summed E-state index contributed by atoms with van der Waals surface area (Å²) in [7, 11) is 7.44. The van der Waals surface area contributed by atoms with Gasteiger partial charge in [-0.1, -0.05) is 5.46 Å². The van der Waals surface area contributed by atoms with Crippen LogP contribution >= 0.6 is 0 Å². The number of benzene rings is 1. The average molecular weight is 322 g/mol. The lowest BCUT2D eigenvalue weighted by atomic mass is 9.93. The van der Waals surface area contributed by atoms with E-state index in [1.54, 1.807) is 0 Å². The molecule has 0 saturated heterocycles. The number of pyridine rings is 1. The second kappa shape index (κ2) is 6.19. The van der Waals surface area contributed by atoms with Crippen molar-refractivity contribution >= 4 is 25.0 Å². The normalized spacial score (nSPS) is 10.5. The van der Waals surface area contributed by atoms with Gasteiger partial charge in [0, 0.05) is 5.56 Å². The summed E-state index contributed by atoms with van der Waals surface area (Å²) in [6.45, 7) is 0. The first-order chi connectivity index (χ1) is 10.8. The van der Waals surface area contributed by atoms with Crippen LogP contribution < -0.4 is 15.9 Å². The zero-order valence-electron chi connectivity index (χ0n) is 12.1. The summed E-state index contributed by atoms with van der Waals surface area (Å²) in [5.41, 5.74) is 2.82. The van der Waals surface area contributed by atoms with Gasteiger partial charge in [0.15, 0.2) is 17.3 Å². The third-order valence-corrected chi connectivity index (χ3v) is 3.05. The van der Waals surface area contributed by atoms with Crippen molar-refractivity contribution in [2.45, 2.75) is 0 Å². The van der Waals surface area contributed by atoms with E-state index in [0.717, 1.165) is 14.2 Å². The Balaban J connectivity index is 2.81. The number of esters is 1. The summed E-state index contributed by atoms with van der Waals surface area (Å²) in [5.74, 6) is -4.52. The molecule has 1 heterocycles. The number of nitrogens with two attached hydrogens (primary N) is 1. The molecule has 0 aliphatic rings. The lowest BCUT2D eigenvalue weighted by molar-refractivity contribution is 0.0590. The molecular weight excluding hydrogens is 312 g/mol. The van der Waals surface area contributed by atoms with E-state index in [1.165, 1.54) is 0 Å². The molecule has 5 nitrogen and oxygen atoms in total. The molecule has 0 unspecified atom stereocenters. The molecule has 0 atom stereocenters. The van der Waals surface area contributed by atoms with Gasteiger partial charge in [-0.25, -0.2) is 22.9 Å². The standard InChI is InChI=1S/C14H10BF3N2O3/c1-22-13-10(19)9(18)11(20-12(13)14(21)23-2)5-3-8(17)6(15)4-7(5)16/h3-4H,1-2H3,(H2,19,20). The third kappa shape index (κ3) is 2.81. The molecule has 0 bridgehead atoms. The van der Waals surface area contributed by atoms with Crippen molar-refractivity contribution in [1.82, 2.24) is 4.98 Å². The van der Waals surface area contributed by atoms with Crippen LogP contribution in [-0.4, -0.2) is 33.0 Å². The number of hydrogen-bond acceptors (Lipinski definition) is 5. The second-order valence-corrected chi connectivity index (χ2v) is 4.42. The Labute approximate surface area is 130 Å². The molecule has 0 amide bonds. The van der Waals surface area contributed by atoms with Gasteiger partial charge in [-0.3, -0.25) is 0 Å². The highest BCUT2D eigenvalue weighted by molar-refractivity contribution is 6.32. The summed E-state index contributed by atoms with van der Waals surface area (Å²) in [6, 6.07) is 1.33. The van der Waals surface area contributed by atoms with Crippen LogP contribution in [0.2, 0.25) is 0 Å². The van der Waals surface area contributed by atoms with Gasteiger partial charge >= 0.3 is 5.97 Å². The maximum Gasteiger partial charge on any atom is 0.360 e. The van der Waals surface area contributed by atoms with Crippen LogP contribution in [0.4, 0.5) is 18.9 Å². The summed E-state index contributed by atoms with van der Waals surface area (Å²) in [6.07, 6.45) is 0. The van der Waals surface area contributed by atoms with Crippen molar-refractivity contribution in [2.24, 2.45) is 0 Å². The zero-order valence-corrected chi connectivity index (χ0v) is 12.1. The molecular formula is C14H10BF3N2O3. The van der Waals surface area contributed by atoms with Crippen LogP contribution in [0.15, 0.2) is 12.1 Å². The average Bonchev–Trinajstić information content (AvgIpc) is 2.52. The summed E-state index contributed by atoms with van der Waals surface area (Å²) in [4.78, 5) is 15.4. The highest BCUT2D eigenvalue weighted by Crippen LogP contribution is 2.35. The van der Waals surface area contributed by atoms with Crippen LogP contribution in [0.25, 0.3) is 11.3 Å². The van der Waals surface area contributed by atoms with Crippen LogP contribution in [0.1, 0.15) is 10.5 Å². The molecule has 1 aromatic heterocycles. The van der Waals surface area contributed by atoms with E-state index in [-0.39, 0.29) is 5.75 Å². The number of methoxy groups -OCH3 is 2. The van der Waals surface area contributed by atoms with Gasteiger partial charge < -0.3 is 15.2 Å². The van der Waals surface area contributed by atoms with E-state index in [9.17, 15) is 18.0 Å². The van der Waals surface area contributed by atoms with Gasteiger partial charge in [0.05, 0.1) is 14.2 Å². The Kier molecular flexibility index (Phi) is 4.49. The van der Waals surface area contributed by atoms with Crippen molar-refractivity contribution in [1.29, 1.82) is 0 Å². The maximum absolute atomic E-state index is 14.4. The van der Waals surface area contributed by atoms with Gasteiger partial charge in [0.25, 0.3) is 0 Å². The van der Waals surface area contributed by atoms with Crippen molar-refractivity contribution in [3.8, 4) is 17.0 Å². The van der Waals surface area contributed by atoms with Crippen LogP contribution in [0.3, 0.4) is 0 Å². The lowest BCUT2D eigenvalue weighted by Gasteiger charge is -2.14. The fourth-order valence-electron chi connectivity index (χ4n) is 1.93. The molecule has 0 fully saturated rings. The molecule has 9 heteroatoms. The van der Waals surface area contributed by atoms with E-state index < -0.39 is 51.5 Å². The Bertz CT molecular complexity index is 800. The number of nitrogen functional groups attached to an aromatic ring is 1. The number of hydrogen-bond donors (Lipinski definition) is 1. The molecule has 0 spiro atoms. The first-order valence-electron chi connectivity index (χ1n) is 6.18. The topological polar surface area (TPSA) is 74.4 Å². The molecule has 118 valence electrons. The first-order valence-corrected chi connectivity index (χ1v) is 6.18. The van der Waals surface area contributed by atoms with Gasteiger partial charge in [0.1, 0.15) is 30.9 Å². The number of carbonyl (C=O) groups excluding carboxylic acids is 1. The van der Waals surface area contributed by atoms with Gasteiger partial charge in [-0.15, -0.1) is 0 Å². The summed E-state index contributed by atoms with van der Waals surface area (Å²) < 4.78 is 51.2. The predicted molar refractivity (Wildman–Crippen MR) is 77.2 cm³/mol. The maximum atomic E-state index is 14.4. The highest BCUT2D eigenvalue weighted by Gasteiger charge is 2.26. The predicted octanol–water partition coefficient (Wildman–Crippen LogP) is 1.34.